The van der Waals surface area contributed by atoms with Crippen molar-refractivity contribution in [3.05, 3.63) is 0 Å². The smallest absolute Gasteiger partial charge is 0.146 e. The predicted octanol–water partition coefficient (Wildman–Crippen LogP) is 1.47. The van der Waals surface area contributed by atoms with Crippen molar-refractivity contribution in [3.8, 4) is 0 Å². The topological polar surface area (TPSA) is 9.23 Å². The molecule has 10 heavy (non-hydrogen) atoms. The zero-order valence-electron chi connectivity index (χ0n) is 7.28. The zero-order valence-corrected chi connectivity index (χ0v) is 10.0. The van der Waals surface area contributed by atoms with Gasteiger partial charge in [-0.25, -0.2) is 0 Å². The second-order valence-electron chi connectivity index (χ2n) is 2.59. The van der Waals surface area contributed by atoms with Crippen LogP contribution < -0.4 is 0 Å². The van der Waals surface area contributed by atoms with E-state index in [1.54, 1.807) is 0 Å². The van der Waals surface area contributed by atoms with Crippen LogP contribution in [0.3, 0.4) is 0 Å². The number of hydrogen-bond acceptors (Lipinski definition) is 1. The molecule has 62 valence electrons. The van der Waals surface area contributed by atoms with E-state index in [9.17, 15) is 0 Å². The lowest BCUT2D eigenvalue weighted by Gasteiger charge is -2.33. The van der Waals surface area contributed by atoms with Crippen LogP contribution in [0, 0.1) is 0 Å². The highest BCUT2D eigenvalue weighted by Gasteiger charge is 2.30. The molecule has 1 nitrogen and oxygen atoms in total. The Balaban J connectivity index is 4.15. The molecule has 0 aliphatic heterocycles. The first-order chi connectivity index (χ1) is 4.63. The maximum Gasteiger partial charge on any atom is 0.146 e. The van der Waals surface area contributed by atoms with Crippen molar-refractivity contribution in [2.24, 2.45) is 0 Å². The zero-order chi connectivity index (χ0) is 8.20. The third-order valence-electron chi connectivity index (χ3n) is 2.33. The van der Waals surface area contributed by atoms with Crippen molar-refractivity contribution in [1.29, 1.82) is 0 Å². The number of halogens is 1. The Labute approximate surface area is 71.6 Å². The van der Waals surface area contributed by atoms with Gasteiger partial charge in [-0.3, -0.25) is 0 Å². The largest absolute Gasteiger partial charge is 0.421 e. The van der Waals surface area contributed by atoms with Gasteiger partial charge in [-0.1, -0.05) is 13.8 Å². The van der Waals surface area contributed by atoms with Crippen molar-refractivity contribution in [1.82, 2.24) is 0 Å². The van der Waals surface area contributed by atoms with Crippen molar-refractivity contribution in [2.45, 2.75) is 44.6 Å². The van der Waals surface area contributed by atoms with Crippen LogP contribution in [0.25, 0.3) is 0 Å². The molecule has 0 radical (unpaired) electrons. The predicted molar refractivity (Wildman–Crippen MR) is 49.7 cm³/mol. The van der Waals surface area contributed by atoms with E-state index < -0.39 is 0 Å². The molecular formula is C7H17ClOSi. The van der Waals surface area contributed by atoms with E-state index >= 15 is 0 Å². The Morgan fingerprint density at radius 3 is 1.90 bits per heavy atom. The molecule has 0 aliphatic carbocycles. The first-order valence-electron chi connectivity index (χ1n) is 3.82. The molecule has 0 fully saturated rings. The lowest BCUT2D eigenvalue weighted by Crippen LogP contribution is -2.38. The number of alkyl halides is 1. The third kappa shape index (κ3) is 1.97. The molecule has 0 bridgehead atoms. The summed E-state index contributed by atoms with van der Waals surface area (Å²) in [4.78, 5) is 0. The van der Waals surface area contributed by atoms with Gasteiger partial charge in [0.1, 0.15) is 10.5 Å². The van der Waals surface area contributed by atoms with Crippen molar-refractivity contribution < 1.29 is 4.43 Å². The molecule has 0 spiro atoms. The molecule has 3 heteroatoms. The Hall–Kier alpha value is 0.467. The van der Waals surface area contributed by atoms with Crippen LogP contribution in [0.4, 0.5) is 0 Å². The van der Waals surface area contributed by atoms with Crippen LogP contribution in [0.2, 0.25) is 0 Å². The van der Waals surface area contributed by atoms with E-state index in [2.05, 4.69) is 13.8 Å². The lowest BCUT2D eigenvalue weighted by molar-refractivity contribution is 0.0707. The van der Waals surface area contributed by atoms with E-state index in [-0.39, 0.29) is 11.0 Å². The lowest BCUT2D eigenvalue weighted by atomic mass is 9.94. The molecular weight excluding hydrogens is 164 g/mol. The average molecular weight is 181 g/mol. The van der Waals surface area contributed by atoms with E-state index in [0.29, 0.717) is 0 Å². The van der Waals surface area contributed by atoms with E-state index in [1.165, 1.54) is 0 Å². The molecule has 1 atom stereocenters. The van der Waals surface area contributed by atoms with Crippen LogP contribution in [0.1, 0.15) is 33.6 Å². The molecule has 0 aromatic carbocycles. The molecule has 0 N–H and O–H groups in total. The first-order valence-corrected chi connectivity index (χ1v) is 5.07. The fraction of sp³-hybridized carbons (Fsp3) is 1.00. The quantitative estimate of drug-likeness (QED) is 0.471. The normalized spacial score (nSPS) is 15.6. The van der Waals surface area contributed by atoms with Crippen LogP contribution in [-0.2, 0) is 4.43 Å². The second-order valence-corrected chi connectivity index (χ2v) is 3.65. The summed E-state index contributed by atoms with van der Waals surface area (Å²) in [5, 5.41) is 0.125. The highest BCUT2D eigenvalue weighted by Crippen LogP contribution is 2.27. The Bertz CT molecular complexity index is 83.3. The summed E-state index contributed by atoms with van der Waals surface area (Å²) in [6, 6.07) is 0. The van der Waals surface area contributed by atoms with E-state index in [4.69, 9.17) is 16.0 Å². The minimum Gasteiger partial charge on any atom is -0.421 e. The molecule has 0 rings (SSSR count). The molecule has 0 amide bonds. The summed E-state index contributed by atoms with van der Waals surface area (Å²) >= 11 is 6.00. The summed E-state index contributed by atoms with van der Waals surface area (Å²) < 4.78 is 5.50. The average Bonchev–Trinajstić information content (AvgIpc) is 1.92. The highest BCUT2D eigenvalue weighted by atomic mass is 35.5. The minimum atomic E-state index is -0.0478. The van der Waals surface area contributed by atoms with Crippen LogP contribution in [-0.4, -0.2) is 21.5 Å². The molecule has 0 heterocycles. The summed E-state index contributed by atoms with van der Waals surface area (Å²) in [6.45, 7) is 6.26. The highest BCUT2D eigenvalue weighted by molar-refractivity contribution is 6.21. The van der Waals surface area contributed by atoms with Gasteiger partial charge in [-0.2, -0.15) is 0 Å². The molecule has 0 aromatic rings. The minimum absolute atomic E-state index is 0.0478. The maximum absolute atomic E-state index is 6.00. The first kappa shape index (κ1) is 10.5. The van der Waals surface area contributed by atoms with Gasteiger partial charge in [0.05, 0.1) is 11.0 Å². The second kappa shape index (κ2) is 4.37. The number of hydrogen-bond donors (Lipinski definition) is 0. The van der Waals surface area contributed by atoms with Gasteiger partial charge in [-0.05, 0) is 19.8 Å². The van der Waals surface area contributed by atoms with Crippen LogP contribution >= 0.6 is 11.6 Å². The van der Waals surface area contributed by atoms with Crippen molar-refractivity contribution in [3.63, 3.8) is 0 Å². The standard InChI is InChI=1S/C7H17ClOSi/c1-4-7(5-2,9-10)6(3)8/h6H,4-5H2,1-3,10H3. The van der Waals surface area contributed by atoms with Crippen LogP contribution in [0.15, 0.2) is 0 Å². The molecule has 1 unspecified atom stereocenters. The molecule has 0 aliphatic rings. The number of rotatable bonds is 4. The van der Waals surface area contributed by atoms with E-state index in [0.717, 1.165) is 23.3 Å². The summed E-state index contributed by atoms with van der Waals surface area (Å²) in [5.41, 5.74) is -0.0478. The monoisotopic (exact) mass is 180 g/mol. The van der Waals surface area contributed by atoms with Gasteiger partial charge in [0.25, 0.3) is 0 Å². The fourth-order valence-electron chi connectivity index (χ4n) is 1.26. The molecule has 0 aromatic heterocycles. The van der Waals surface area contributed by atoms with Gasteiger partial charge in [0.2, 0.25) is 0 Å². The molecule has 0 saturated carbocycles. The van der Waals surface area contributed by atoms with Crippen molar-refractivity contribution in [2.75, 3.05) is 0 Å². The Kier molecular flexibility index (Phi) is 4.57. The Morgan fingerprint density at radius 2 is 1.90 bits per heavy atom. The van der Waals surface area contributed by atoms with Gasteiger partial charge in [0, 0.05) is 0 Å². The third-order valence-corrected chi connectivity index (χ3v) is 3.54. The summed E-state index contributed by atoms with van der Waals surface area (Å²) in [6.07, 6.45) is 2.02. The van der Waals surface area contributed by atoms with Crippen molar-refractivity contribution >= 4 is 22.1 Å². The van der Waals surface area contributed by atoms with Gasteiger partial charge in [-0.15, -0.1) is 11.6 Å². The fourth-order valence-corrected chi connectivity index (χ4v) is 2.74. The van der Waals surface area contributed by atoms with Gasteiger partial charge >= 0.3 is 0 Å². The van der Waals surface area contributed by atoms with Crippen LogP contribution in [0.5, 0.6) is 0 Å². The van der Waals surface area contributed by atoms with Gasteiger partial charge < -0.3 is 4.43 Å². The maximum atomic E-state index is 6.00. The Morgan fingerprint density at radius 1 is 1.50 bits per heavy atom. The summed E-state index contributed by atoms with van der Waals surface area (Å²) in [7, 11) is 0.779. The SMILES string of the molecule is CCC(CC)(O[SiH3])C(C)Cl. The van der Waals surface area contributed by atoms with Gasteiger partial charge in [0.15, 0.2) is 0 Å². The summed E-state index contributed by atoms with van der Waals surface area (Å²) in [5.74, 6) is 0. The molecule has 0 saturated heterocycles. The van der Waals surface area contributed by atoms with E-state index in [1.807, 2.05) is 6.92 Å².